The van der Waals surface area contributed by atoms with Gasteiger partial charge in [0.05, 0.1) is 11.3 Å². The van der Waals surface area contributed by atoms with E-state index in [9.17, 15) is 31.9 Å². The van der Waals surface area contributed by atoms with Crippen LogP contribution < -0.4 is 10.6 Å². The Bertz CT molecular complexity index is 1460. The molecule has 0 radical (unpaired) electrons. The number of hydrogen-bond donors (Lipinski definition) is 4. The number of carbonyl (C=O) groups is 1. The molecule has 36 heavy (non-hydrogen) atoms. The highest BCUT2D eigenvalue weighted by atomic mass is 19.4. The number of aromatic nitrogens is 4. The SMILES string of the molecule is Cn1cc(C(=O)NC(=Nc2cc(-c3ccc(O)c(F)c3)[nH]n2)Nc2cccc(F)c2)c(C(F)(F)F)n1. The second kappa shape index (κ2) is 9.48. The van der Waals surface area contributed by atoms with Gasteiger partial charge in [-0.3, -0.25) is 19.9 Å². The highest BCUT2D eigenvalue weighted by Gasteiger charge is 2.39. The molecule has 14 heteroatoms. The molecule has 0 bridgehead atoms. The number of amides is 1. The highest BCUT2D eigenvalue weighted by molar-refractivity contribution is 6.11. The van der Waals surface area contributed by atoms with E-state index in [0.717, 1.165) is 29.1 Å². The number of benzene rings is 2. The number of phenolic OH excluding ortho intramolecular Hbond substituents is 1. The van der Waals surface area contributed by atoms with Crippen LogP contribution in [-0.2, 0) is 13.2 Å². The molecule has 2 aromatic heterocycles. The second-order valence-corrected chi connectivity index (χ2v) is 7.42. The van der Waals surface area contributed by atoms with Gasteiger partial charge >= 0.3 is 6.18 Å². The quantitative estimate of drug-likeness (QED) is 0.187. The number of hydrogen-bond acceptors (Lipinski definition) is 5. The minimum Gasteiger partial charge on any atom is -0.505 e. The lowest BCUT2D eigenvalue weighted by molar-refractivity contribution is -0.141. The van der Waals surface area contributed by atoms with E-state index in [4.69, 9.17) is 0 Å². The van der Waals surface area contributed by atoms with Crippen LogP contribution in [0.4, 0.5) is 33.5 Å². The molecule has 4 aromatic rings. The van der Waals surface area contributed by atoms with Crippen molar-refractivity contribution in [1.82, 2.24) is 25.3 Å². The van der Waals surface area contributed by atoms with Crippen molar-refractivity contribution in [3.63, 3.8) is 0 Å². The zero-order chi connectivity index (χ0) is 26.0. The number of alkyl halides is 3. The fourth-order valence-electron chi connectivity index (χ4n) is 3.13. The van der Waals surface area contributed by atoms with Crippen LogP contribution >= 0.6 is 0 Å². The monoisotopic (exact) mass is 505 g/mol. The molecule has 2 heterocycles. The number of phenols is 1. The zero-order valence-corrected chi connectivity index (χ0v) is 18.2. The molecule has 186 valence electrons. The summed E-state index contributed by atoms with van der Waals surface area (Å²) in [4.78, 5) is 16.8. The van der Waals surface area contributed by atoms with Crippen LogP contribution in [0.25, 0.3) is 11.3 Å². The predicted octanol–water partition coefficient (Wildman–Crippen LogP) is 4.34. The Hall–Kier alpha value is -4.75. The van der Waals surface area contributed by atoms with Gasteiger partial charge < -0.3 is 10.4 Å². The summed E-state index contributed by atoms with van der Waals surface area (Å²) in [6.07, 6.45) is -4.00. The lowest BCUT2D eigenvalue weighted by Gasteiger charge is -2.12. The number of aromatic hydroxyl groups is 1. The molecule has 0 saturated heterocycles. The van der Waals surface area contributed by atoms with Crippen molar-refractivity contribution in [3.8, 4) is 17.0 Å². The fraction of sp³-hybridized carbons (Fsp3) is 0.0909. The van der Waals surface area contributed by atoms with Gasteiger partial charge in [0.15, 0.2) is 23.1 Å². The van der Waals surface area contributed by atoms with Gasteiger partial charge in [-0.1, -0.05) is 6.07 Å². The first-order valence-electron chi connectivity index (χ1n) is 10.1. The van der Waals surface area contributed by atoms with Crippen molar-refractivity contribution < 1.29 is 31.9 Å². The lowest BCUT2D eigenvalue weighted by atomic mass is 10.1. The Balaban J connectivity index is 1.67. The number of nitrogens with zero attached hydrogens (tertiary/aromatic N) is 4. The Kier molecular flexibility index (Phi) is 6.42. The third kappa shape index (κ3) is 5.48. The smallest absolute Gasteiger partial charge is 0.435 e. The molecular formula is C22H16F5N7O2. The van der Waals surface area contributed by atoms with Gasteiger partial charge in [-0.05, 0) is 36.4 Å². The Labute approximate surface area is 199 Å². The first kappa shape index (κ1) is 24.4. The molecule has 0 aliphatic carbocycles. The van der Waals surface area contributed by atoms with Crippen molar-refractivity contribution in [2.75, 3.05) is 5.32 Å². The van der Waals surface area contributed by atoms with Crippen LogP contribution in [-0.4, -0.2) is 37.0 Å². The van der Waals surface area contributed by atoms with Gasteiger partial charge in [0.25, 0.3) is 5.91 Å². The number of anilines is 1. The summed E-state index contributed by atoms with van der Waals surface area (Å²) in [5, 5.41) is 24.0. The number of guanidine groups is 1. The summed E-state index contributed by atoms with van der Waals surface area (Å²) < 4.78 is 68.1. The maximum absolute atomic E-state index is 13.7. The van der Waals surface area contributed by atoms with E-state index in [1.165, 1.54) is 37.4 Å². The Morgan fingerprint density at radius 1 is 1.14 bits per heavy atom. The van der Waals surface area contributed by atoms with Crippen LogP contribution in [0.5, 0.6) is 5.75 Å². The molecule has 2 aromatic carbocycles. The molecule has 0 saturated carbocycles. The average Bonchev–Trinajstić information content (AvgIpc) is 3.42. The molecule has 1 amide bonds. The van der Waals surface area contributed by atoms with Crippen LogP contribution in [0.2, 0.25) is 0 Å². The molecule has 9 nitrogen and oxygen atoms in total. The van der Waals surface area contributed by atoms with Crippen molar-refractivity contribution in [2.45, 2.75) is 6.18 Å². The molecule has 0 aliphatic rings. The Morgan fingerprint density at radius 2 is 1.92 bits per heavy atom. The van der Waals surface area contributed by atoms with Crippen LogP contribution in [0, 0.1) is 11.6 Å². The van der Waals surface area contributed by atoms with Gasteiger partial charge in [0.2, 0.25) is 5.96 Å². The number of rotatable bonds is 4. The maximum atomic E-state index is 13.7. The molecule has 0 unspecified atom stereocenters. The van der Waals surface area contributed by atoms with Gasteiger partial charge in [-0.25, -0.2) is 8.78 Å². The van der Waals surface area contributed by atoms with Gasteiger partial charge in [-0.15, -0.1) is 0 Å². The number of aliphatic imine (C=N–C) groups is 1. The predicted molar refractivity (Wildman–Crippen MR) is 118 cm³/mol. The normalized spacial score (nSPS) is 12.0. The van der Waals surface area contributed by atoms with Gasteiger partial charge in [0, 0.05) is 30.6 Å². The van der Waals surface area contributed by atoms with E-state index in [1.54, 1.807) is 0 Å². The number of aromatic amines is 1. The fourth-order valence-corrected chi connectivity index (χ4v) is 3.13. The van der Waals surface area contributed by atoms with E-state index in [0.29, 0.717) is 5.56 Å². The molecule has 4 N–H and O–H groups in total. The van der Waals surface area contributed by atoms with E-state index < -0.39 is 40.7 Å². The number of carbonyl (C=O) groups excluding carboxylic acids is 1. The molecule has 0 spiro atoms. The summed E-state index contributed by atoms with van der Waals surface area (Å²) in [5.74, 6) is -3.65. The number of halogens is 5. The van der Waals surface area contributed by atoms with E-state index in [2.05, 4.69) is 30.9 Å². The maximum Gasteiger partial charge on any atom is 0.435 e. The molecule has 0 aliphatic heterocycles. The summed E-state index contributed by atoms with van der Waals surface area (Å²) in [6, 6.07) is 10.00. The van der Waals surface area contributed by atoms with Crippen molar-refractivity contribution in [3.05, 3.63) is 77.6 Å². The molecule has 0 fully saturated rings. The van der Waals surface area contributed by atoms with Crippen molar-refractivity contribution in [1.29, 1.82) is 0 Å². The molecular weight excluding hydrogens is 489 g/mol. The first-order valence-corrected chi connectivity index (χ1v) is 10.1. The topological polar surface area (TPSA) is 120 Å². The van der Waals surface area contributed by atoms with E-state index in [-0.39, 0.29) is 23.2 Å². The van der Waals surface area contributed by atoms with E-state index >= 15 is 0 Å². The average molecular weight is 505 g/mol. The summed E-state index contributed by atoms with van der Waals surface area (Å²) >= 11 is 0. The lowest BCUT2D eigenvalue weighted by Crippen LogP contribution is -2.36. The van der Waals surface area contributed by atoms with Crippen LogP contribution in [0.1, 0.15) is 16.1 Å². The third-order valence-electron chi connectivity index (χ3n) is 4.71. The Morgan fingerprint density at radius 3 is 2.61 bits per heavy atom. The standard InChI is InChI=1S/C22H16F5N7O2/c1-34-10-14(19(33-34)22(25,26)27)20(36)30-21(28-13-4-2-3-12(23)8-13)29-18-9-16(31-32-18)11-5-6-17(35)15(24)7-11/h2-10,35H,1H3,(H3,28,29,30,31,32,36). The number of H-pyrrole nitrogens is 1. The first-order chi connectivity index (χ1) is 17.0. The van der Waals surface area contributed by atoms with Crippen LogP contribution in [0.15, 0.2) is 59.7 Å². The summed E-state index contributed by atoms with van der Waals surface area (Å²) in [5.41, 5.74) is -1.43. The summed E-state index contributed by atoms with van der Waals surface area (Å²) in [6.45, 7) is 0. The summed E-state index contributed by atoms with van der Waals surface area (Å²) in [7, 11) is 1.23. The van der Waals surface area contributed by atoms with Gasteiger partial charge in [0.1, 0.15) is 5.82 Å². The number of nitrogens with one attached hydrogen (secondary N) is 3. The largest absolute Gasteiger partial charge is 0.505 e. The van der Waals surface area contributed by atoms with E-state index in [1.807, 2.05) is 0 Å². The number of aryl methyl sites for hydroxylation is 1. The van der Waals surface area contributed by atoms with Crippen molar-refractivity contribution >= 4 is 23.4 Å². The second-order valence-electron chi connectivity index (χ2n) is 7.42. The molecule has 0 atom stereocenters. The minimum atomic E-state index is -4.89. The zero-order valence-electron chi connectivity index (χ0n) is 18.2. The van der Waals surface area contributed by atoms with Crippen LogP contribution in [0.3, 0.4) is 0 Å². The highest BCUT2D eigenvalue weighted by Crippen LogP contribution is 2.30. The molecule has 4 rings (SSSR count). The van der Waals surface area contributed by atoms with Crippen molar-refractivity contribution in [2.24, 2.45) is 12.0 Å². The third-order valence-corrected chi connectivity index (χ3v) is 4.71. The van der Waals surface area contributed by atoms with Gasteiger partial charge in [-0.2, -0.15) is 28.4 Å². The minimum absolute atomic E-state index is 0.0556.